The lowest BCUT2D eigenvalue weighted by atomic mass is 10.2. The van der Waals surface area contributed by atoms with Crippen molar-refractivity contribution in [3.8, 4) is 11.5 Å². The minimum atomic E-state index is -0.620. The van der Waals surface area contributed by atoms with Gasteiger partial charge in [-0.1, -0.05) is 29.8 Å². The molecule has 0 radical (unpaired) electrons. The third-order valence-electron chi connectivity index (χ3n) is 2.74. The Morgan fingerprint density at radius 1 is 1.25 bits per heavy atom. The molecule has 4 nitrogen and oxygen atoms in total. The summed E-state index contributed by atoms with van der Waals surface area (Å²) < 4.78 is 10.1. The highest BCUT2D eigenvalue weighted by Gasteiger charge is 2.14. The van der Waals surface area contributed by atoms with Crippen LogP contribution in [0.1, 0.15) is 15.9 Å². The number of carbonyl (C=O) groups is 1. The van der Waals surface area contributed by atoms with Crippen LogP contribution in [0.2, 0.25) is 5.02 Å². The van der Waals surface area contributed by atoms with E-state index in [1.54, 1.807) is 30.3 Å². The summed E-state index contributed by atoms with van der Waals surface area (Å²) in [5.41, 5.74) is 0.786. The number of phenolic OH excluding ortho intramolecular Hbond substituents is 1. The first kappa shape index (κ1) is 14.2. The fraction of sp³-hybridized carbons (Fsp3) is 0.133. The summed E-state index contributed by atoms with van der Waals surface area (Å²) in [5.74, 6) is -0.344. The SMILES string of the molecule is COc1ccc(C(=O)OCc2ccccc2Cl)c(O)c1. The predicted molar refractivity (Wildman–Crippen MR) is 75.2 cm³/mol. The third-order valence-corrected chi connectivity index (χ3v) is 3.11. The molecule has 0 aromatic heterocycles. The van der Waals surface area contributed by atoms with Gasteiger partial charge in [0.1, 0.15) is 23.7 Å². The van der Waals surface area contributed by atoms with Gasteiger partial charge in [-0.25, -0.2) is 4.79 Å². The Hall–Kier alpha value is -2.20. The molecule has 0 fully saturated rings. The summed E-state index contributed by atoms with van der Waals surface area (Å²) in [5, 5.41) is 10.3. The van der Waals surface area contributed by atoms with Crippen LogP contribution in [0.3, 0.4) is 0 Å². The number of phenols is 1. The zero-order valence-corrected chi connectivity index (χ0v) is 11.6. The molecule has 5 heteroatoms. The summed E-state index contributed by atoms with van der Waals surface area (Å²) >= 11 is 5.97. The first-order chi connectivity index (χ1) is 9.61. The number of benzene rings is 2. The smallest absolute Gasteiger partial charge is 0.342 e. The maximum absolute atomic E-state index is 11.9. The lowest BCUT2D eigenvalue weighted by Gasteiger charge is -2.08. The Morgan fingerprint density at radius 2 is 2.00 bits per heavy atom. The second-order valence-electron chi connectivity index (χ2n) is 4.05. The van der Waals surface area contributed by atoms with Gasteiger partial charge in [0.05, 0.1) is 7.11 Å². The van der Waals surface area contributed by atoms with Crippen molar-refractivity contribution in [2.75, 3.05) is 7.11 Å². The Morgan fingerprint density at radius 3 is 2.65 bits per heavy atom. The van der Waals surface area contributed by atoms with Gasteiger partial charge in [0.2, 0.25) is 0 Å². The minimum absolute atomic E-state index is 0.0456. The van der Waals surface area contributed by atoms with Crippen LogP contribution in [-0.2, 0) is 11.3 Å². The monoisotopic (exact) mass is 292 g/mol. The Kier molecular flexibility index (Phi) is 4.48. The summed E-state index contributed by atoms with van der Waals surface area (Å²) in [7, 11) is 1.48. The summed E-state index contributed by atoms with van der Waals surface area (Å²) in [6.45, 7) is 0.0456. The molecule has 2 rings (SSSR count). The largest absolute Gasteiger partial charge is 0.507 e. The lowest BCUT2D eigenvalue weighted by molar-refractivity contribution is 0.0469. The van der Waals surface area contributed by atoms with Crippen molar-refractivity contribution in [3.05, 3.63) is 58.6 Å². The molecule has 0 unspecified atom stereocenters. The summed E-state index contributed by atoms with van der Waals surface area (Å²) in [4.78, 5) is 11.9. The molecule has 104 valence electrons. The molecule has 2 aromatic rings. The fourth-order valence-electron chi connectivity index (χ4n) is 1.65. The first-order valence-electron chi connectivity index (χ1n) is 5.89. The van der Waals surface area contributed by atoms with E-state index in [0.717, 1.165) is 0 Å². The van der Waals surface area contributed by atoms with Crippen molar-refractivity contribution < 1.29 is 19.4 Å². The van der Waals surface area contributed by atoms with Gasteiger partial charge in [-0.05, 0) is 18.2 Å². The second-order valence-corrected chi connectivity index (χ2v) is 4.46. The van der Waals surface area contributed by atoms with Crippen molar-refractivity contribution in [1.82, 2.24) is 0 Å². The van der Waals surface area contributed by atoms with Crippen LogP contribution < -0.4 is 4.74 Å². The van der Waals surface area contributed by atoms with Gasteiger partial charge in [0.25, 0.3) is 0 Å². The number of carbonyl (C=O) groups excluding carboxylic acids is 1. The molecule has 2 aromatic carbocycles. The molecule has 0 aliphatic heterocycles. The van der Waals surface area contributed by atoms with Gasteiger partial charge in [-0.3, -0.25) is 0 Å². The van der Waals surface area contributed by atoms with Gasteiger partial charge >= 0.3 is 5.97 Å². The van der Waals surface area contributed by atoms with Gasteiger partial charge in [0.15, 0.2) is 0 Å². The molecule has 20 heavy (non-hydrogen) atoms. The molecule has 0 amide bonds. The Labute approximate surface area is 121 Å². The quantitative estimate of drug-likeness (QED) is 0.877. The van der Waals surface area contributed by atoms with Crippen molar-refractivity contribution in [3.63, 3.8) is 0 Å². The molecular formula is C15H13ClO4. The highest BCUT2D eigenvalue weighted by atomic mass is 35.5. The molecule has 0 heterocycles. The van der Waals surface area contributed by atoms with Crippen LogP contribution in [0.25, 0.3) is 0 Å². The molecule has 1 N–H and O–H groups in total. The van der Waals surface area contributed by atoms with Crippen molar-refractivity contribution >= 4 is 17.6 Å². The maximum Gasteiger partial charge on any atom is 0.342 e. The van der Waals surface area contributed by atoms with E-state index in [-0.39, 0.29) is 17.9 Å². The number of esters is 1. The van der Waals surface area contributed by atoms with Gasteiger partial charge in [0, 0.05) is 16.7 Å². The fourth-order valence-corrected chi connectivity index (χ4v) is 1.84. The number of hydrogen-bond acceptors (Lipinski definition) is 4. The molecule has 0 aliphatic carbocycles. The predicted octanol–water partition coefficient (Wildman–Crippen LogP) is 3.41. The number of rotatable bonds is 4. The highest BCUT2D eigenvalue weighted by molar-refractivity contribution is 6.31. The number of hydrogen-bond donors (Lipinski definition) is 1. The van der Waals surface area contributed by atoms with E-state index in [9.17, 15) is 9.90 Å². The lowest BCUT2D eigenvalue weighted by Crippen LogP contribution is -2.06. The van der Waals surface area contributed by atoms with Crippen molar-refractivity contribution in [2.45, 2.75) is 6.61 Å². The molecular weight excluding hydrogens is 280 g/mol. The average Bonchev–Trinajstić information content (AvgIpc) is 2.46. The molecule has 0 saturated carbocycles. The zero-order chi connectivity index (χ0) is 14.5. The van der Waals surface area contributed by atoms with E-state index < -0.39 is 5.97 Å². The maximum atomic E-state index is 11.9. The average molecular weight is 293 g/mol. The summed E-state index contributed by atoms with van der Waals surface area (Å²) in [6.07, 6.45) is 0. The van der Waals surface area contributed by atoms with E-state index in [2.05, 4.69) is 0 Å². The second kappa shape index (κ2) is 6.30. The zero-order valence-electron chi connectivity index (χ0n) is 10.8. The number of aromatic hydroxyl groups is 1. The normalized spacial score (nSPS) is 10.1. The Balaban J connectivity index is 2.07. The van der Waals surface area contributed by atoms with E-state index in [4.69, 9.17) is 21.1 Å². The number of methoxy groups -OCH3 is 1. The van der Waals surface area contributed by atoms with E-state index in [1.165, 1.54) is 19.2 Å². The van der Waals surface area contributed by atoms with Crippen LogP contribution >= 0.6 is 11.6 Å². The van der Waals surface area contributed by atoms with Crippen LogP contribution in [0.4, 0.5) is 0 Å². The molecule has 0 aliphatic rings. The molecule has 0 saturated heterocycles. The van der Waals surface area contributed by atoms with Crippen LogP contribution in [-0.4, -0.2) is 18.2 Å². The highest BCUT2D eigenvalue weighted by Crippen LogP contribution is 2.24. The van der Waals surface area contributed by atoms with E-state index in [1.807, 2.05) is 0 Å². The van der Waals surface area contributed by atoms with Gasteiger partial charge in [-0.15, -0.1) is 0 Å². The first-order valence-corrected chi connectivity index (χ1v) is 6.27. The van der Waals surface area contributed by atoms with E-state index >= 15 is 0 Å². The number of ether oxygens (including phenoxy) is 2. The molecule has 0 bridgehead atoms. The van der Waals surface area contributed by atoms with Crippen LogP contribution in [0, 0.1) is 0 Å². The van der Waals surface area contributed by atoms with Gasteiger partial charge in [-0.2, -0.15) is 0 Å². The van der Waals surface area contributed by atoms with Crippen LogP contribution in [0.15, 0.2) is 42.5 Å². The van der Waals surface area contributed by atoms with Gasteiger partial charge < -0.3 is 14.6 Å². The van der Waals surface area contributed by atoms with Crippen molar-refractivity contribution in [1.29, 1.82) is 0 Å². The standard InChI is InChI=1S/C15H13ClO4/c1-19-11-6-7-12(14(17)8-11)15(18)20-9-10-4-2-3-5-13(10)16/h2-8,17H,9H2,1H3. The molecule has 0 spiro atoms. The van der Waals surface area contributed by atoms with Crippen molar-refractivity contribution in [2.24, 2.45) is 0 Å². The third kappa shape index (κ3) is 3.22. The number of halogens is 1. The minimum Gasteiger partial charge on any atom is -0.507 e. The Bertz CT molecular complexity index is 625. The summed E-state index contributed by atoms with van der Waals surface area (Å²) in [6, 6.07) is 11.5. The van der Waals surface area contributed by atoms with E-state index in [0.29, 0.717) is 16.3 Å². The molecule has 0 atom stereocenters. The van der Waals surface area contributed by atoms with Crippen LogP contribution in [0.5, 0.6) is 11.5 Å². The topological polar surface area (TPSA) is 55.8 Å².